The number of aromatic nitrogens is 2. The first kappa shape index (κ1) is 34.4. The third-order valence-corrected chi connectivity index (χ3v) is 12.6. The number of hydrogen-bond acceptors (Lipinski definition) is 3. The van der Waals surface area contributed by atoms with E-state index in [0.29, 0.717) is 5.82 Å². The van der Waals surface area contributed by atoms with Crippen LogP contribution in [-0.4, -0.2) is 9.97 Å². The minimum absolute atomic E-state index is 0.0964. The number of rotatable bonds is 5. The molecule has 0 radical (unpaired) electrons. The van der Waals surface area contributed by atoms with Crippen molar-refractivity contribution in [3.63, 3.8) is 0 Å². The average Bonchev–Trinajstić information content (AvgIpc) is 3.78. The molecule has 0 spiro atoms. The molecule has 0 unspecified atom stereocenters. The molecule has 0 aliphatic heterocycles. The van der Waals surface area contributed by atoms with Gasteiger partial charge in [0.25, 0.3) is 0 Å². The van der Waals surface area contributed by atoms with Crippen molar-refractivity contribution in [2.75, 3.05) is 0 Å². The summed E-state index contributed by atoms with van der Waals surface area (Å²) in [6.07, 6.45) is 0. The summed E-state index contributed by atoms with van der Waals surface area (Å²) in [7, 11) is 0. The predicted molar refractivity (Wildman–Crippen MR) is 249 cm³/mol. The highest BCUT2D eigenvalue weighted by molar-refractivity contribution is 6.15. The van der Waals surface area contributed by atoms with Gasteiger partial charge in [-0.25, -0.2) is 9.97 Å². The minimum Gasteiger partial charge on any atom is -0.456 e. The highest BCUT2D eigenvalue weighted by Crippen LogP contribution is 2.53. The Morgan fingerprint density at radius 3 is 1.77 bits per heavy atom. The molecule has 282 valence electrons. The van der Waals surface area contributed by atoms with E-state index in [1.807, 2.05) is 18.2 Å². The summed E-state index contributed by atoms with van der Waals surface area (Å²) in [6.45, 7) is 4.71. The van der Waals surface area contributed by atoms with Gasteiger partial charge in [0, 0.05) is 32.9 Å². The number of hydrogen-bond donors (Lipinski definition) is 0. The third-order valence-electron chi connectivity index (χ3n) is 12.6. The lowest BCUT2D eigenvalue weighted by molar-refractivity contribution is 0.661. The Morgan fingerprint density at radius 2 is 0.983 bits per heavy atom. The monoisotopic (exact) mass is 766 g/mol. The molecule has 0 saturated carbocycles. The van der Waals surface area contributed by atoms with Gasteiger partial charge in [-0.1, -0.05) is 166 Å². The van der Waals surface area contributed by atoms with E-state index in [0.717, 1.165) is 61.1 Å². The maximum absolute atomic E-state index is 6.44. The van der Waals surface area contributed by atoms with Gasteiger partial charge in [0.2, 0.25) is 0 Å². The lowest BCUT2D eigenvalue weighted by atomic mass is 9.81. The Kier molecular flexibility index (Phi) is 7.58. The van der Waals surface area contributed by atoms with Crippen molar-refractivity contribution in [2.45, 2.75) is 19.3 Å². The van der Waals surface area contributed by atoms with E-state index >= 15 is 0 Å². The normalized spacial score (nSPS) is 13.0. The highest BCUT2D eigenvalue weighted by atomic mass is 16.3. The molecule has 0 amide bonds. The highest BCUT2D eigenvalue weighted by Gasteiger charge is 2.37. The quantitative estimate of drug-likeness (QED) is 0.175. The summed E-state index contributed by atoms with van der Waals surface area (Å²) in [5.74, 6) is 0.694. The van der Waals surface area contributed by atoms with Crippen molar-refractivity contribution in [2.24, 2.45) is 0 Å². The van der Waals surface area contributed by atoms with Gasteiger partial charge < -0.3 is 4.42 Å². The molecular weight excluding hydrogens is 729 g/mol. The molecule has 11 aromatic rings. The molecule has 1 aliphatic rings. The maximum atomic E-state index is 6.44. The number of benzene rings is 9. The van der Waals surface area contributed by atoms with Crippen LogP contribution in [0.4, 0.5) is 0 Å². The van der Waals surface area contributed by atoms with E-state index in [9.17, 15) is 0 Å². The van der Waals surface area contributed by atoms with Crippen LogP contribution in [-0.2, 0) is 5.41 Å². The predicted octanol–water partition coefficient (Wildman–Crippen LogP) is 15.3. The first-order chi connectivity index (χ1) is 29.5. The minimum atomic E-state index is -0.0964. The molecule has 12 rings (SSSR count). The second kappa shape index (κ2) is 13.2. The SMILES string of the molecule is CC1(C)c2cc3ccccc3cc2-c2c(-c3ccc(-c4cc(-c5cccc(-c6cccc7oc8cc9ccccc9cc8c67)c5)nc(-c5ccccc5)n4)cc3)cccc21. The zero-order valence-corrected chi connectivity index (χ0v) is 33.3. The molecule has 0 fully saturated rings. The van der Waals surface area contributed by atoms with Crippen LogP contribution in [0.3, 0.4) is 0 Å². The van der Waals surface area contributed by atoms with Crippen LogP contribution >= 0.6 is 0 Å². The Bertz CT molecular complexity index is 3500. The summed E-state index contributed by atoms with van der Waals surface area (Å²) in [4.78, 5) is 10.4. The van der Waals surface area contributed by atoms with Gasteiger partial charge in [0.1, 0.15) is 11.2 Å². The van der Waals surface area contributed by atoms with Gasteiger partial charge >= 0.3 is 0 Å². The van der Waals surface area contributed by atoms with Crippen molar-refractivity contribution in [1.82, 2.24) is 9.97 Å². The Morgan fingerprint density at radius 1 is 0.383 bits per heavy atom. The second-order valence-electron chi connectivity index (χ2n) is 16.6. The van der Waals surface area contributed by atoms with Crippen molar-refractivity contribution in [3.05, 3.63) is 205 Å². The summed E-state index contributed by atoms with van der Waals surface area (Å²) in [5, 5.41) is 7.15. The molecule has 60 heavy (non-hydrogen) atoms. The first-order valence-electron chi connectivity index (χ1n) is 20.6. The van der Waals surface area contributed by atoms with Crippen LogP contribution < -0.4 is 0 Å². The van der Waals surface area contributed by atoms with E-state index in [-0.39, 0.29) is 5.41 Å². The fourth-order valence-corrected chi connectivity index (χ4v) is 9.59. The summed E-state index contributed by atoms with van der Waals surface area (Å²) in [5.41, 5.74) is 16.5. The largest absolute Gasteiger partial charge is 0.456 e. The van der Waals surface area contributed by atoms with Crippen LogP contribution in [0.1, 0.15) is 25.0 Å². The molecule has 2 aromatic heterocycles. The van der Waals surface area contributed by atoms with Crippen LogP contribution in [0.5, 0.6) is 0 Å². The van der Waals surface area contributed by atoms with E-state index < -0.39 is 0 Å². The summed E-state index contributed by atoms with van der Waals surface area (Å²) in [6, 6.07) is 69.5. The van der Waals surface area contributed by atoms with Gasteiger partial charge in [0.15, 0.2) is 5.82 Å². The van der Waals surface area contributed by atoms with E-state index in [1.54, 1.807) is 0 Å². The standard InChI is InChI=1S/C57H38N2O/c1-57(2)48-23-11-21-44(54(48)46-30-38-15-6-8-17-40(38)32-49(46)57)35-25-27-36(28-26-35)50-34-51(59-56(58-50)37-13-4-3-5-14-37)43-20-10-19-42(29-43)45-22-12-24-52-55(45)47-31-39-16-7-9-18-41(39)33-53(47)60-52/h3-34H,1-2H3. The van der Waals surface area contributed by atoms with Crippen LogP contribution in [0.2, 0.25) is 0 Å². The fourth-order valence-electron chi connectivity index (χ4n) is 9.59. The van der Waals surface area contributed by atoms with Crippen LogP contribution in [0, 0.1) is 0 Å². The number of nitrogens with zero attached hydrogens (tertiary/aromatic N) is 2. The smallest absolute Gasteiger partial charge is 0.160 e. The Labute approximate surface area is 348 Å². The molecule has 3 heteroatoms. The van der Waals surface area contributed by atoms with Crippen molar-refractivity contribution < 1.29 is 4.42 Å². The van der Waals surface area contributed by atoms with Crippen molar-refractivity contribution in [1.29, 1.82) is 0 Å². The summed E-state index contributed by atoms with van der Waals surface area (Å²) < 4.78 is 6.44. The molecule has 0 bridgehead atoms. The first-order valence-corrected chi connectivity index (χ1v) is 20.6. The number of fused-ring (bicyclic) bond motifs is 8. The third kappa shape index (κ3) is 5.43. The molecule has 0 saturated heterocycles. The second-order valence-corrected chi connectivity index (χ2v) is 16.6. The zero-order valence-electron chi connectivity index (χ0n) is 33.3. The average molecular weight is 767 g/mol. The molecule has 0 atom stereocenters. The van der Waals surface area contributed by atoms with E-state index in [1.165, 1.54) is 54.9 Å². The Hall–Kier alpha value is -7.62. The molecule has 9 aromatic carbocycles. The molecule has 0 N–H and O–H groups in total. The zero-order chi connectivity index (χ0) is 40.0. The number of furan rings is 1. The molecule has 3 nitrogen and oxygen atoms in total. The lowest BCUT2D eigenvalue weighted by Crippen LogP contribution is -2.14. The van der Waals surface area contributed by atoms with Crippen LogP contribution in [0.25, 0.3) is 111 Å². The topological polar surface area (TPSA) is 38.9 Å². The molecule has 2 heterocycles. The maximum Gasteiger partial charge on any atom is 0.160 e. The van der Waals surface area contributed by atoms with Gasteiger partial charge in [-0.2, -0.15) is 0 Å². The van der Waals surface area contributed by atoms with E-state index in [4.69, 9.17) is 14.4 Å². The Balaban J connectivity index is 0.963. The van der Waals surface area contributed by atoms with E-state index in [2.05, 4.69) is 190 Å². The van der Waals surface area contributed by atoms with Crippen LogP contribution in [0.15, 0.2) is 199 Å². The van der Waals surface area contributed by atoms with Gasteiger partial charge in [-0.15, -0.1) is 0 Å². The molecule has 1 aliphatic carbocycles. The van der Waals surface area contributed by atoms with Gasteiger partial charge in [-0.05, 0) is 109 Å². The fraction of sp³-hybridized carbons (Fsp3) is 0.0526. The lowest BCUT2D eigenvalue weighted by Gasteiger charge is -2.22. The van der Waals surface area contributed by atoms with Gasteiger partial charge in [0.05, 0.1) is 11.4 Å². The molecular formula is C57H38N2O. The van der Waals surface area contributed by atoms with Crippen molar-refractivity contribution in [3.8, 4) is 67.3 Å². The van der Waals surface area contributed by atoms with Gasteiger partial charge in [-0.3, -0.25) is 0 Å². The van der Waals surface area contributed by atoms with Crippen molar-refractivity contribution >= 4 is 43.5 Å². The summed E-state index contributed by atoms with van der Waals surface area (Å²) >= 11 is 0.